The number of sulfonamides is 1. The van der Waals surface area contributed by atoms with Crippen molar-refractivity contribution in [2.24, 2.45) is 0 Å². The molecule has 0 bridgehead atoms. The molecule has 9 heteroatoms. The summed E-state index contributed by atoms with van der Waals surface area (Å²) >= 11 is 0. The van der Waals surface area contributed by atoms with E-state index in [1.807, 2.05) is 78.8 Å². The van der Waals surface area contributed by atoms with Gasteiger partial charge in [0.05, 0.1) is 29.8 Å². The molecule has 0 amide bonds. The lowest BCUT2D eigenvalue weighted by Gasteiger charge is -2.41. The molecule has 0 fully saturated rings. The summed E-state index contributed by atoms with van der Waals surface area (Å²) in [6.45, 7) is 16.2. The molecule has 1 atom stereocenters. The number of aryl methyl sites for hydroxylation is 1. The number of anilines is 2. The minimum absolute atomic E-state index is 0.158. The third kappa shape index (κ3) is 4.72. The number of carboxylic acids is 1. The Kier molecular flexibility index (Phi) is 7.14. The SMILES string of the molecule is Cc1cccc2c1-c1c(C)c(-c3ccc4c(c3C)NCCO4)c([C@@](C)(OC(C)(C)C)C(=O)O)c(C)c1N(S(C)(=O)=O)C2. The number of ether oxygens (including phenoxy) is 2. The van der Waals surface area contributed by atoms with Gasteiger partial charge >= 0.3 is 5.97 Å². The maximum absolute atomic E-state index is 13.4. The zero-order valence-corrected chi connectivity index (χ0v) is 26.7. The molecule has 3 aromatic rings. The lowest BCUT2D eigenvalue weighted by molar-refractivity contribution is -0.183. The van der Waals surface area contributed by atoms with Crippen molar-refractivity contribution in [3.63, 3.8) is 0 Å². The average molecular weight is 593 g/mol. The van der Waals surface area contributed by atoms with E-state index >= 15 is 0 Å². The minimum atomic E-state index is -3.73. The van der Waals surface area contributed by atoms with Crippen LogP contribution in [0.3, 0.4) is 0 Å². The third-order valence-corrected chi connectivity index (χ3v) is 9.41. The van der Waals surface area contributed by atoms with Gasteiger partial charge in [0.15, 0.2) is 5.60 Å². The fourth-order valence-electron chi connectivity index (χ4n) is 6.72. The number of hydrogen-bond donors (Lipinski definition) is 2. The van der Waals surface area contributed by atoms with Gasteiger partial charge in [0.2, 0.25) is 10.0 Å². The van der Waals surface area contributed by atoms with E-state index in [1.165, 1.54) is 10.6 Å². The zero-order valence-electron chi connectivity index (χ0n) is 25.9. The van der Waals surface area contributed by atoms with E-state index in [4.69, 9.17) is 9.47 Å². The first kappa shape index (κ1) is 29.9. The van der Waals surface area contributed by atoms with E-state index in [1.54, 1.807) is 6.92 Å². The number of benzene rings is 3. The number of nitrogens with zero attached hydrogens (tertiary/aromatic N) is 1. The number of nitrogens with one attached hydrogen (secondary N) is 1. The van der Waals surface area contributed by atoms with Gasteiger partial charge in [0, 0.05) is 17.7 Å². The monoisotopic (exact) mass is 592 g/mol. The highest BCUT2D eigenvalue weighted by Crippen LogP contribution is 2.54. The molecule has 0 saturated heterocycles. The number of rotatable bonds is 5. The summed E-state index contributed by atoms with van der Waals surface area (Å²) in [6.07, 6.45) is 1.20. The highest BCUT2D eigenvalue weighted by Gasteiger charge is 2.46. The maximum Gasteiger partial charge on any atom is 0.340 e. The van der Waals surface area contributed by atoms with Crippen molar-refractivity contribution in [1.82, 2.24) is 0 Å². The van der Waals surface area contributed by atoms with Crippen LogP contribution in [0.25, 0.3) is 22.3 Å². The predicted octanol–water partition coefficient (Wildman–Crippen LogP) is 6.45. The molecular formula is C33H40N2O6S. The Morgan fingerprint density at radius 1 is 0.976 bits per heavy atom. The average Bonchev–Trinajstić information content (AvgIpc) is 2.88. The topological polar surface area (TPSA) is 105 Å². The normalized spacial score (nSPS) is 16.0. The quantitative estimate of drug-likeness (QED) is 0.351. The maximum atomic E-state index is 13.4. The first-order valence-corrected chi connectivity index (χ1v) is 16.0. The van der Waals surface area contributed by atoms with Crippen molar-refractivity contribution in [3.8, 4) is 28.0 Å². The number of hydrogen-bond acceptors (Lipinski definition) is 6. The fraction of sp³-hybridized carbons (Fsp3) is 0.424. The van der Waals surface area contributed by atoms with Gasteiger partial charge < -0.3 is 19.9 Å². The molecule has 0 aliphatic carbocycles. The van der Waals surface area contributed by atoms with Crippen molar-refractivity contribution in [2.45, 2.75) is 73.1 Å². The van der Waals surface area contributed by atoms with Gasteiger partial charge in [-0.15, -0.1) is 0 Å². The van der Waals surface area contributed by atoms with Crippen LogP contribution < -0.4 is 14.4 Å². The summed E-state index contributed by atoms with van der Waals surface area (Å²) in [5, 5.41) is 14.3. The molecule has 0 aromatic heterocycles. The van der Waals surface area contributed by atoms with Gasteiger partial charge in [-0.2, -0.15) is 0 Å². The van der Waals surface area contributed by atoms with Crippen LogP contribution >= 0.6 is 0 Å². The van der Waals surface area contributed by atoms with Gasteiger partial charge in [-0.25, -0.2) is 13.2 Å². The van der Waals surface area contributed by atoms with Crippen molar-refractivity contribution >= 4 is 27.4 Å². The predicted molar refractivity (Wildman–Crippen MR) is 167 cm³/mol. The lowest BCUT2D eigenvalue weighted by Crippen LogP contribution is -2.43. The molecular weight excluding hydrogens is 552 g/mol. The third-order valence-electron chi connectivity index (χ3n) is 8.29. The van der Waals surface area contributed by atoms with Crippen LogP contribution in [0, 0.1) is 27.7 Å². The van der Waals surface area contributed by atoms with E-state index < -0.39 is 27.2 Å². The highest BCUT2D eigenvalue weighted by molar-refractivity contribution is 7.92. The summed E-state index contributed by atoms with van der Waals surface area (Å²) < 4.78 is 40.4. The van der Waals surface area contributed by atoms with Gasteiger partial charge in [0.1, 0.15) is 12.4 Å². The minimum Gasteiger partial charge on any atom is -0.490 e. The fourth-order valence-corrected chi connectivity index (χ4v) is 7.65. The molecule has 2 aliphatic heterocycles. The Hall–Kier alpha value is -3.56. The van der Waals surface area contributed by atoms with Crippen molar-refractivity contribution in [3.05, 3.63) is 63.7 Å². The smallest absolute Gasteiger partial charge is 0.340 e. The molecule has 5 rings (SSSR count). The van der Waals surface area contributed by atoms with E-state index in [2.05, 4.69) is 5.32 Å². The van der Waals surface area contributed by atoms with Crippen LogP contribution in [0.1, 0.15) is 61.1 Å². The van der Waals surface area contributed by atoms with Crippen LogP contribution in [0.5, 0.6) is 5.75 Å². The largest absolute Gasteiger partial charge is 0.490 e. The standard InChI is InChI=1S/C33H40N2O6S/c1-18-11-10-12-22-17-35(42(9,38)39)30-21(4)28(33(8,31(36)37)41-32(5,6)7)26(20(3)27(30)25(18)22)23-13-14-24-29(19(23)2)34-15-16-40-24/h10-14,34H,15-17H2,1-9H3,(H,36,37)/t33-/m1/s1. The van der Waals surface area contributed by atoms with Crippen LogP contribution in [0.15, 0.2) is 30.3 Å². The summed E-state index contributed by atoms with van der Waals surface area (Å²) in [5.41, 5.74) is 6.68. The van der Waals surface area contributed by atoms with E-state index in [-0.39, 0.29) is 6.54 Å². The first-order chi connectivity index (χ1) is 19.5. The van der Waals surface area contributed by atoms with Crippen LogP contribution in [-0.2, 0) is 31.7 Å². The molecule has 2 N–H and O–H groups in total. The van der Waals surface area contributed by atoms with Crippen LogP contribution in [-0.4, -0.2) is 44.5 Å². The Morgan fingerprint density at radius 2 is 1.67 bits per heavy atom. The van der Waals surface area contributed by atoms with Gasteiger partial charge in [-0.05, 0) is 106 Å². The zero-order chi connectivity index (χ0) is 30.9. The Morgan fingerprint density at radius 3 is 2.29 bits per heavy atom. The molecule has 3 aromatic carbocycles. The molecule has 224 valence electrons. The summed E-state index contributed by atoms with van der Waals surface area (Å²) in [7, 11) is -3.73. The molecule has 2 heterocycles. The lowest BCUT2D eigenvalue weighted by atomic mass is 9.75. The van der Waals surface area contributed by atoms with E-state index in [9.17, 15) is 18.3 Å². The molecule has 0 unspecified atom stereocenters. The van der Waals surface area contributed by atoms with Crippen molar-refractivity contribution < 1.29 is 27.8 Å². The van der Waals surface area contributed by atoms with Gasteiger partial charge in [0.25, 0.3) is 0 Å². The summed E-state index contributed by atoms with van der Waals surface area (Å²) in [5.74, 6) is -0.413. The number of fused-ring (bicyclic) bond motifs is 4. The molecule has 0 spiro atoms. The molecule has 0 saturated carbocycles. The number of aliphatic carboxylic acids is 1. The summed E-state index contributed by atoms with van der Waals surface area (Å²) in [4.78, 5) is 13.3. The Bertz CT molecular complexity index is 1740. The Balaban J connectivity index is 2.02. The summed E-state index contributed by atoms with van der Waals surface area (Å²) in [6, 6.07) is 9.80. The molecule has 0 radical (unpaired) electrons. The van der Waals surface area contributed by atoms with Crippen molar-refractivity contribution in [2.75, 3.05) is 29.0 Å². The number of carbonyl (C=O) groups is 1. The van der Waals surface area contributed by atoms with Crippen molar-refractivity contribution in [1.29, 1.82) is 0 Å². The second-order valence-electron chi connectivity index (χ2n) is 12.5. The van der Waals surface area contributed by atoms with Crippen LogP contribution in [0.2, 0.25) is 0 Å². The van der Waals surface area contributed by atoms with Gasteiger partial charge in [-0.1, -0.05) is 24.3 Å². The second kappa shape index (κ2) is 10.0. The van der Waals surface area contributed by atoms with E-state index in [0.29, 0.717) is 30.0 Å². The Labute approximate surface area is 248 Å². The number of carboxylic acid groups (broad SMARTS) is 1. The highest BCUT2D eigenvalue weighted by atomic mass is 32.2. The van der Waals surface area contributed by atoms with E-state index in [0.717, 1.165) is 55.9 Å². The molecule has 8 nitrogen and oxygen atoms in total. The first-order valence-electron chi connectivity index (χ1n) is 14.2. The van der Waals surface area contributed by atoms with Crippen LogP contribution in [0.4, 0.5) is 11.4 Å². The molecule has 2 aliphatic rings. The second-order valence-corrected chi connectivity index (χ2v) is 14.4. The van der Waals surface area contributed by atoms with Gasteiger partial charge in [-0.3, -0.25) is 4.31 Å². The molecule has 42 heavy (non-hydrogen) atoms.